The van der Waals surface area contributed by atoms with E-state index in [1.165, 1.54) is 0 Å². The third kappa shape index (κ3) is 1.42. The molecule has 0 aliphatic heterocycles. The van der Waals surface area contributed by atoms with Crippen molar-refractivity contribution in [3.8, 4) is 0 Å². The van der Waals surface area contributed by atoms with Crippen molar-refractivity contribution >= 4 is 0 Å². The second-order valence-electron chi connectivity index (χ2n) is 3.92. The van der Waals surface area contributed by atoms with Gasteiger partial charge in [-0.25, -0.2) is 8.78 Å². The molecule has 0 aromatic heterocycles. The molecule has 0 unspecified atom stereocenters. The average molecular weight is 197 g/mol. The summed E-state index contributed by atoms with van der Waals surface area (Å²) in [6.07, 6.45) is 2.59. The van der Waals surface area contributed by atoms with Crippen LogP contribution in [0.3, 0.4) is 0 Å². The summed E-state index contributed by atoms with van der Waals surface area (Å²) in [4.78, 5) is 0. The van der Waals surface area contributed by atoms with Gasteiger partial charge in [-0.1, -0.05) is 12.1 Å². The van der Waals surface area contributed by atoms with Crippen LogP contribution in [0.15, 0.2) is 18.2 Å². The maximum Gasteiger partial charge on any atom is 0.162 e. The Bertz CT molecular complexity index is 345. The van der Waals surface area contributed by atoms with Crippen LogP contribution in [-0.4, -0.2) is 6.54 Å². The third-order valence-electron chi connectivity index (χ3n) is 3.00. The van der Waals surface area contributed by atoms with Gasteiger partial charge >= 0.3 is 0 Å². The lowest BCUT2D eigenvalue weighted by molar-refractivity contribution is 0.478. The van der Waals surface area contributed by atoms with Crippen molar-refractivity contribution in [2.45, 2.75) is 24.7 Å². The van der Waals surface area contributed by atoms with Gasteiger partial charge in [0.1, 0.15) is 0 Å². The molecule has 2 N–H and O–H groups in total. The first kappa shape index (κ1) is 9.59. The molecule has 1 aromatic carbocycles. The van der Waals surface area contributed by atoms with Gasteiger partial charge < -0.3 is 5.73 Å². The molecule has 1 aliphatic carbocycles. The van der Waals surface area contributed by atoms with E-state index in [-0.39, 0.29) is 5.41 Å². The monoisotopic (exact) mass is 197 g/mol. The van der Waals surface area contributed by atoms with E-state index in [1.807, 2.05) is 0 Å². The van der Waals surface area contributed by atoms with Gasteiger partial charge in [-0.2, -0.15) is 0 Å². The number of rotatable bonds is 3. The Balaban J connectivity index is 2.37. The number of hydrogen-bond acceptors (Lipinski definition) is 1. The minimum absolute atomic E-state index is 0.166. The number of benzene rings is 1. The Kier molecular flexibility index (Phi) is 2.27. The standard InChI is InChI=1S/C11H13F2N/c12-9-3-1-2-8(10(9)13)11(4-5-11)6-7-14/h1-3H,4-7,14H2. The van der Waals surface area contributed by atoms with Crippen molar-refractivity contribution < 1.29 is 8.78 Å². The molecule has 1 nitrogen and oxygen atoms in total. The summed E-state index contributed by atoms with van der Waals surface area (Å²) in [5, 5.41) is 0. The lowest BCUT2D eigenvalue weighted by Gasteiger charge is -2.15. The third-order valence-corrected chi connectivity index (χ3v) is 3.00. The highest BCUT2D eigenvalue weighted by Gasteiger charge is 2.45. The Morgan fingerprint density at radius 1 is 1.29 bits per heavy atom. The van der Waals surface area contributed by atoms with E-state index in [9.17, 15) is 8.78 Å². The van der Waals surface area contributed by atoms with Crippen LogP contribution >= 0.6 is 0 Å². The van der Waals surface area contributed by atoms with Gasteiger partial charge in [0.2, 0.25) is 0 Å². The molecule has 1 fully saturated rings. The SMILES string of the molecule is NCCC1(c2cccc(F)c2F)CC1. The van der Waals surface area contributed by atoms with Crippen molar-refractivity contribution in [2.75, 3.05) is 6.54 Å². The highest BCUT2D eigenvalue weighted by atomic mass is 19.2. The van der Waals surface area contributed by atoms with Crippen LogP contribution in [0.5, 0.6) is 0 Å². The minimum atomic E-state index is -0.759. The zero-order valence-electron chi connectivity index (χ0n) is 7.89. The maximum absolute atomic E-state index is 13.4. The Morgan fingerprint density at radius 3 is 2.57 bits per heavy atom. The van der Waals surface area contributed by atoms with E-state index >= 15 is 0 Å². The fraction of sp³-hybridized carbons (Fsp3) is 0.455. The molecule has 0 amide bonds. The topological polar surface area (TPSA) is 26.0 Å². The predicted octanol–water partition coefficient (Wildman–Crippen LogP) is 2.35. The van der Waals surface area contributed by atoms with E-state index in [1.54, 1.807) is 12.1 Å². The average Bonchev–Trinajstić information content (AvgIpc) is 2.91. The van der Waals surface area contributed by atoms with Crippen LogP contribution < -0.4 is 5.73 Å². The van der Waals surface area contributed by atoms with Gasteiger partial charge in [-0.3, -0.25) is 0 Å². The van der Waals surface area contributed by atoms with Crippen LogP contribution in [0, 0.1) is 11.6 Å². The van der Waals surface area contributed by atoms with E-state index < -0.39 is 11.6 Å². The van der Waals surface area contributed by atoms with Gasteiger partial charge in [-0.05, 0) is 42.9 Å². The Labute approximate surface area is 81.9 Å². The first-order chi connectivity index (χ1) is 6.69. The zero-order chi connectivity index (χ0) is 10.2. The summed E-state index contributed by atoms with van der Waals surface area (Å²) in [7, 11) is 0. The summed E-state index contributed by atoms with van der Waals surface area (Å²) in [5.74, 6) is -1.45. The van der Waals surface area contributed by atoms with Crippen LogP contribution in [0.2, 0.25) is 0 Å². The molecule has 0 atom stereocenters. The van der Waals surface area contributed by atoms with Crippen LogP contribution in [0.25, 0.3) is 0 Å². The molecule has 0 radical (unpaired) electrons. The van der Waals surface area contributed by atoms with Gasteiger partial charge in [0, 0.05) is 0 Å². The normalized spacial score (nSPS) is 18.2. The van der Waals surface area contributed by atoms with Crippen LogP contribution in [0.4, 0.5) is 8.78 Å². The molecule has 1 aromatic rings. The molecule has 1 saturated carbocycles. The summed E-state index contributed by atoms with van der Waals surface area (Å²) in [6.45, 7) is 0.524. The predicted molar refractivity (Wildman–Crippen MR) is 50.9 cm³/mol. The van der Waals surface area contributed by atoms with Crippen molar-refractivity contribution in [2.24, 2.45) is 5.73 Å². The molecule has 0 saturated heterocycles. The van der Waals surface area contributed by atoms with E-state index in [4.69, 9.17) is 5.73 Å². The quantitative estimate of drug-likeness (QED) is 0.790. The van der Waals surface area contributed by atoms with Gasteiger partial charge in [0.25, 0.3) is 0 Å². The molecule has 0 heterocycles. The summed E-state index contributed by atoms with van der Waals surface area (Å²) < 4.78 is 26.4. The fourth-order valence-corrected chi connectivity index (χ4v) is 1.99. The second kappa shape index (κ2) is 3.31. The Hall–Kier alpha value is -0.960. The van der Waals surface area contributed by atoms with Crippen molar-refractivity contribution in [3.05, 3.63) is 35.4 Å². The number of nitrogens with two attached hydrogens (primary N) is 1. The lowest BCUT2D eigenvalue weighted by Crippen LogP contribution is -2.15. The molecular weight excluding hydrogens is 184 g/mol. The van der Waals surface area contributed by atoms with Crippen molar-refractivity contribution in [1.29, 1.82) is 0 Å². The van der Waals surface area contributed by atoms with Gasteiger partial charge in [-0.15, -0.1) is 0 Å². The maximum atomic E-state index is 13.4. The summed E-state index contributed by atoms with van der Waals surface area (Å²) in [5.41, 5.74) is 5.80. The highest BCUT2D eigenvalue weighted by molar-refractivity contribution is 5.33. The minimum Gasteiger partial charge on any atom is -0.330 e. The molecule has 2 rings (SSSR count). The molecule has 1 aliphatic rings. The molecule has 0 bridgehead atoms. The largest absolute Gasteiger partial charge is 0.330 e. The van der Waals surface area contributed by atoms with Gasteiger partial charge in [0.05, 0.1) is 0 Å². The molecule has 0 spiro atoms. The highest BCUT2D eigenvalue weighted by Crippen LogP contribution is 2.51. The Morgan fingerprint density at radius 2 is 2.00 bits per heavy atom. The number of halogens is 2. The first-order valence-electron chi connectivity index (χ1n) is 4.84. The van der Waals surface area contributed by atoms with Crippen molar-refractivity contribution in [3.63, 3.8) is 0 Å². The fourth-order valence-electron chi connectivity index (χ4n) is 1.99. The molecular formula is C11H13F2N. The smallest absolute Gasteiger partial charge is 0.162 e. The summed E-state index contributed by atoms with van der Waals surface area (Å²) in [6, 6.07) is 4.38. The number of hydrogen-bond donors (Lipinski definition) is 1. The van der Waals surface area contributed by atoms with Crippen molar-refractivity contribution in [1.82, 2.24) is 0 Å². The zero-order valence-corrected chi connectivity index (χ0v) is 7.89. The lowest BCUT2D eigenvalue weighted by atomic mass is 9.92. The first-order valence-corrected chi connectivity index (χ1v) is 4.84. The molecule has 76 valence electrons. The van der Waals surface area contributed by atoms with Crippen LogP contribution in [-0.2, 0) is 5.41 Å². The van der Waals surface area contributed by atoms with Crippen LogP contribution in [0.1, 0.15) is 24.8 Å². The van der Waals surface area contributed by atoms with E-state index in [0.717, 1.165) is 25.3 Å². The van der Waals surface area contributed by atoms with E-state index in [2.05, 4.69) is 0 Å². The second-order valence-corrected chi connectivity index (χ2v) is 3.92. The summed E-state index contributed by atoms with van der Waals surface area (Å²) >= 11 is 0. The molecule has 14 heavy (non-hydrogen) atoms. The van der Waals surface area contributed by atoms with E-state index in [0.29, 0.717) is 12.1 Å². The molecule has 3 heteroatoms. The van der Waals surface area contributed by atoms with Gasteiger partial charge in [0.15, 0.2) is 11.6 Å².